The molecule has 0 aliphatic heterocycles. The molecule has 5 heterocycles. The first-order valence-corrected chi connectivity index (χ1v) is 14.9. The minimum absolute atomic E-state index is 0.0217. The molecular weight excluding hydrogens is 630 g/mol. The molecule has 0 amide bonds. The summed E-state index contributed by atoms with van der Waals surface area (Å²) in [6.45, 7) is -0.00242. The first-order valence-electron chi connectivity index (χ1n) is 13.7. The van der Waals surface area contributed by atoms with Crippen molar-refractivity contribution >= 4 is 46.4 Å². The molecule has 0 saturated carbocycles. The van der Waals surface area contributed by atoms with Gasteiger partial charge in [0, 0.05) is 47.5 Å². The van der Waals surface area contributed by atoms with Crippen molar-refractivity contribution in [3.63, 3.8) is 0 Å². The summed E-state index contributed by atoms with van der Waals surface area (Å²) >= 11 is 7.48. The molecule has 6 rings (SSSR count). The summed E-state index contributed by atoms with van der Waals surface area (Å²) in [6.07, 6.45) is 8.86. The molecule has 6 aromatic rings. The highest BCUT2D eigenvalue weighted by atomic mass is 35.5. The largest absolute Gasteiger partial charge is 0.478 e. The van der Waals surface area contributed by atoms with Gasteiger partial charge in [-0.25, -0.2) is 9.78 Å². The summed E-state index contributed by atoms with van der Waals surface area (Å²) in [7, 11) is 0. The average molecular weight is 652 g/mol. The number of thiophene rings is 1. The summed E-state index contributed by atoms with van der Waals surface area (Å²) in [6, 6.07) is 15.8. The number of Topliss-reactive ketones (excluding diaryl/α,β-unsaturated/α-hetero) is 1. The Kier molecular flexibility index (Phi) is 8.59. The fourth-order valence-electron chi connectivity index (χ4n) is 4.68. The minimum Gasteiger partial charge on any atom is -0.478 e. The van der Waals surface area contributed by atoms with Crippen LogP contribution in [0.15, 0.2) is 103 Å². The van der Waals surface area contributed by atoms with Crippen LogP contribution in [0.1, 0.15) is 36.1 Å². The lowest BCUT2D eigenvalue weighted by Gasteiger charge is -2.12. The van der Waals surface area contributed by atoms with E-state index in [-0.39, 0.29) is 40.4 Å². The third kappa shape index (κ3) is 6.36. The average Bonchev–Trinajstić information content (AvgIpc) is 3.70. The Balaban J connectivity index is 1.47. The number of anilines is 1. The van der Waals surface area contributed by atoms with Gasteiger partial charge in [0.25, 0.3) is 11.5 Å². The first-order chi connectivity index (χ1) is 22.3. The number of carboxylic acid groups (broad SMARTS) is 1. The zero-order chi connectivity index (χ0) is 32.2. The number of aromatic carboxylic acids is 1. The molecule has 0 unspecified atom stereocenters. The lowest BCUT2D eigenvalue weighted by molar-refractivity contribution is 0.0696. The lowest BCUT2D eigenvalue weighted by Crippen LogP contribution is -2.26. The van der Waals surface area contributed by atoms with Gasteiger partial charge in [0.2, 0.25) is 5.78 Å². The van der Waals surface area contributed by atoms with Gasteiger partial charge in [-0.3, -0.25) is 24.4 Å². The van der Waals surface area contributed by atoms with Gasteiger partial charge in [0.15, 0.2) is 0 Å². The van der Waals surface area contributed by atoms with Crippen molar-refractivity contribution in [2.24, 2.45) is 0 Å². The van der Waals surface area contributed by atoms with Gasteiger partial charge in [-0.1, -0.05) is 11.6 Å². The first kappa shape index (κ1) is 30.2. The molecule has 228 valence electrons. The molecule has 0 aliphatic rings. The fourth-order valence-corrected chi connectivity index (χ4v) is 5.71. The number of benzene rings is 1. The van der Waals surface area contributed by atoms with Crippen molar-refractivity contribution in [2.75, 3.05) is 5.32 Å². The summed E-state index contributed by atoms with van der Waals surface area (Å²) in [5.41, 5.74) is 1.28. The Bertz CT molecular complexity index is 2130. The Morgan fingerprint density at radius 3 is 2.35 bits per heavy atom. The number of rotatable bonds is 10. The normalized spacial score (nSPS) is 10.9. The molecule has 5 aromatic heterocycles. The highest BCUT2D eigenvalue weighted by Crippen LogP contribution is 2.31. The number of carbonyl (C=O) groups is 3. The van der Waals surface area contributed by atoms with E-state index < -0.39 is 23.2 Å². The van der Waals surface area contributed by atoms with E-state index in [4.69, 9.17) is 11.6 Å². The van der Waals surface area contributed by atoms with E-state index in [0.717, 1.165) is 9.56 Å². The standard InChI is InChI=1S/C32H22ClN7O5S/c33-27-6-5-22(46-27)16-37-28-15-24(38-40(28)30(42)20-1-3-21(4-2-20)32(44)45)29-23(19-7-10-34-11-8-19)9-14-39(31(29)43)18-26(41)25-17-35-12-13-36-25/h1-15,17,37H,16,18H2,(H,44,45). The van der Waals surface area contributed by atoms with Crippen LogP contribution in [-0.4, -0.2) is 52.1 Å². The van der Waals surface area contributed by atoms with Crippen molar-refractivity contribution < 1.29 is 19.5 Å². The van der Waals surface area contributed by atoms with Crippen molar-refractivity contribution in [3.8, 4) is 22.4 Å². The van der Waals surface area contributed by atoms with E-state index in [0.29, 0.717) is 22.0 Å². The Morgan fingerprint density at radius 1 is 0.913 bits per heavy atom. The van der Waals surface area contributed by atoms with Gasteiger partial charge in [-0.15, -0.1) is 11.3 Å². The van der Waals surface area contributed by atoms with Crippen LogP contribution in [-0.2, 0) is 13.1 Å². The molecular formula is C32H22ClN7O5S. The Morgan fingerprint density at radius 2 is 1.67 bits per heavy atom. The molecule has 0 bridgehead atoms. The van der Waals surface area contributed by atoms with Gasteiger partial charge >= 0.3 is 5.97 Å². The minimum atomic E-state index is -1.13. The molecule has 12 nitrogen and oxygen atoms in total. The zero-order valence-electron chi connectivity index (χ0n) is 23.7. The molecule has 46 heavy (non-hydrogen) atoms. The second kappa shape index (κ2) is 13.1. The molecule has 14 heteroatoms. The lowest BCUT2D eigenvalue weighted by atomic mass is 10.00. The predicted molar refractivity (Wildman–Crippen MR) is 171 cm³/mol. The molecule has 1 aromatic carbocycles. The third-order valence-electron chi connectivity index (χ3n) is 6.93. The molecule has 0 saturated heterocycles. The zero-order valence-corrected chi connectivity index (χ0v) is 25.3. The predicted octanol–water partition coefficient (Wildman–Crippen LogP) is 5.16. The highest BCUT2D eigenvalue weighted by molar-refractivity contribution is 7.16. The topological polar surface area (TPSA) is 162 Å². The summed E-state index contributed by atoms with van der Waals surface area (Å²) in [4.78, 5) is 65.1. The maximum atomic E-state index is 14.1. The molecule has 2 N–H and O–H groups in total. The van der Waals surface area contributed by atoms with E-state index in [1.165, 1.54) is 65.0 Å². The SMILES string of the molecule is O=C(O)c1ccc(C(=O)n2nc(-c3c(-c4ccncc4)ccn(CC(=O)c4cnccn4)c3=O)cc2NCc2ccc(Cl)s2)cc1. The monoisotopic (exact) mass is 651 g/mol. The van der Waals surface area contributed by atoms with Crippen molar-refractivity contribution in [2.45, 2.75) is 13.1 Å². The maximum Gasteiger partial charge on any atom is 0.335 e. The number of carbonyl (C=O) groups excluding carboxylic acids is 2. The van der Waals surface area contributed by atoms with Crippen LogP contribution >= 0.6 is 22.9 Å². The number of halogens is 1. The van der Waals surface area contributed by atoms with Gasteiger partial charge < -0.3 is 15.0 Å². The van der Waals surface area contributed by atoms with E-state index >= 15 is 0 Å². The van der Waals surface area contributed by atoms with Crippen molar-refractivity contribution in [1.82, 2.24) is 29.3 Å². The van der Waals surface area contributed by atoms with Crippen molar-refractivity contribution in [3.05, 3.63) is 134 Å². The number of hydrogen-bond acceptors (Lipinski definition) is 10. The van der Waals surface area contributed by atoms with Gasteiger partial charge in [-0.2, -0.15) is 9.78 Å². The van der Waals surface area contributed by atoms with Crippen LogP contribution in [0.2, 0.25) is 4.34 Å². The van der Waals surface area contributed by atoms with E-state index in [2.05, 4.69) is 25.4 Å². The number of hydrogen-bond donors (Lipinski definition) is 2. The maximum absolute atomic E-state index is 14.1. The van der Waals surface area contributed by atoms with Crippen molar-refractivity contribution in [1.29, 1.82) is 0 Å². The van der Waals surface area contributed by atoms with Crippen LogP contribution in [0, 0.1) is 0 Å². The van der Waals surface area contributed by atoms with Gasteiger partial charge in [0.1, 0.15) is 17.2 Å². The van der Waals surface area contributed by atoms with E-state index in [9.17, 15) is 24.3 Å². The van der Waals surface area contributed by atoms with Crippen LogP contribution in [0.4, 0.5) is 5.82 Å². The number of aromatic nitrogens is 6. The van der Waals surface area contributed by atoms with Crippen LogP contribution in [0.3, 0.4) is 0 Å². The Hall–Kier alpha value is -5.79. The third-order valence-corrected chi connectivity index (χ3v) is 8.16. The molecule has 0 aliphatic carbocycles. The molecule has 0 fully saturated rings. The number of nitrogens with zero attached hydrogens (tertiary/aromatic N) is 6. The molecule has 0 atom stereocenters. The number of carboxylic acids is 1. The number of pyridine rings is 2. The summed E-state index contributed by atoms with van der Waals surface area (Å²) in [5.74, 6) is -1.83. The number of ketones is 1. The summed E-state index contributed by atoms with van der Waals surface area (Å²) < 4.78 is 2.98. The number of nitrogens with one attached hydrogen (secondary N) is 1. The highest BCUT2D eigenvalue weighted by Gasteiger charge is 2.23. The van der Waals surface area contributed by atoms with E-state index in [1.807, 2.05) is 6.07 Å². The Labute approximate surface area is 269 Å². The quantitative estimate of drug-likeness (QED) is 0.189. The van der Waals surface area contributed by atoms with Crippen LogP contribution in [0.25, 0.3) is 22.4 Å². The second-order valence-corrected chi connectivity index (χ2v) is 11.7. The van der Waals surface area contributed by atoms with E-state index in [1.54, 1.807) is 42.7 Å². The molecule has 0 radical (unpaired) electrons. The van der Waals surface area contributed by atoms with Crippen LogP contribution in [0.5, 0.6) is 0 Å². The van der Waals surface area contributed by atoms with Crippen LogP contribution < -0.4 is 10.9 Å². The smallest absolute Gasteiger partial charge is 0.335 e. The molecule has 0 spiro atoms. The van der Waals surface area contributed by atoms with Gasteiger partial charge in [0.05, 0.1) is 34.7 Å². The fraction of sp³-hybridized carbons (Fsp3) is 0.0625. The summed E-state index contributed by atoms with van der Waals surface area (Å²) in [5, 5.41) is 17.1. The second-order valence-electron chi connectivity index (χ2n) is 9.86. The van der Waals surface area contributed by atoms with Gasteiger partial charge in [-0.05, 0) is 65.7 Å².